The molecule has 2 aromatic rings. The van der Waals surface area contributed by atoms with E-state index in [1.807, 2.05) is 0 Å². The van der Waals surface area contributed by atoms with Gasteiger partial charge in [-0.15, -0.1) is 0 Å². The molecule has 0 bridgehead atoms. The van der Waals surface area contributed by atoms with Crippen LogP contribution in [0, 0.1) is 0 Å². The normalized spacial score (nSPS) is 18.8. The highest BCUT2D eigenvalue weighted by Crippen LogP contribution is 2.32. The number of aromatic hydroxyl groups is 1. The number of aromatic nitrogens is 3. The smallest absolute Gasteiger partial charge is 0.334 e. The Morgan fingerprint density at radius 1 is 1.00 bits per heavy atom. The number of aliphatic imine (C=N–C) groups is 1. The molecule has 0 aromatic carbocycles. The van der Waals surface area contributed by atoms with Crippen LogP contribution in [-0.4, -0.2) is 25.4 Å². The predicted molar refractivity (Wildman–Crippen MR) is 117 cm³/mol. The third kappa shape index (κ3) is 4.08. The van der Waals surface area contributed by atoms with Crippen LogP contribution in [0.4, 0.5) is 5.69 Å². The van der Waals surface area contributed by atoms with Crippen molar-refractivity contribution in [2.45, 2.75) is 76.3 Å². The lowest BCUT2D eigenvalue weighted by molar-refractivity contribution is 0.271. The molecular weight excluding hydrogens is 404 g/mol. The van der Waals surface area contributed by atoms with Crippen molar-refractivity contribution in [3.63, 3.8) is 0 Å². The first-order valence-corrected chi connectivity index (χ1v) is 11.2. The Hall–Kier alpha value is -2.41. The van der Waals surface area contributed by atoms with E-state index < -0.39 is 11.2 Å². The van der Waals surface area contributed by atoms with Crippen LogP contribution >= 0.6 is 11.6 Å². The minimum Gasteiger partial charge on any atom is -0.494 e. The third-order valence-electron chi connectivity index (χ3n) is 6.28. The van der Waals surface area contributed by atoms with Crippen LogP contribution in [0.3, 0.4) is 0 Å². The van der Waals surface area contributed by atoms with Crippen molar-refractivity contribution in [3.8, 4) is 5.88 Å². The molecular formula is C22H27ClN4O3. The van der Waals surface area contributed by atoms with Gasteiger partial charge in [-0.25, -0.2) is 9.78 Å². The monoisotopic (exact) mass is 430 g/mol. The lowest BCUT2D eigenvalue weighted by Gasteiger charge is -2.29. The number of hydrogen-bond acceptors (Lipinski definition) is 5. The molecule has 2 aliphatic rings. The highest BCUT2D eigenvalue weighted by Gasteiger charge is 2.28. The molecule has 0 radical (unpaired) electrons. The summed E-state index contributed by atoms with van der Waals surface area (Å²) in [6.07, 6.45) is 12.4. The molecule has 4 rings (SSSR count). The van der Waals surface area contributed by atoms with Crippen LogP contribution < -0.4 is 11.2 Å². The van der Waals surface area contributed by atoms with Crippen molar-refractivity contribution in [1.29, 1.82) is 0 Å². The Morgan fingerprint density at radius 2 is 1.60 bits per heavy atom. The first-order chi connectivity index (χ1) is 14.6. The summed E-state index contributed by atoms with van der Waals surface area (Å²) in [4.78, 5) is 35.0. The fourth-order valence-electron chi connectivity index (χ4n) is 4.70. The summed E-state index contributed by atoms with van der Waals surface area (Å²) in [5.41, 5.74) is -0.448. The van der Waals surface area contributed by atoms with Crippen molar-refractivity contribution in [1.82, 2.24) is 14.1 Å². The summed E-state index contributed by atoms with van der Waals surface area (Å²) in [6, 6.07) is 3.14. The molecule has 1 N–H and O–H groups in total. The van der Waals surface area contributed by atoms with Gasteiger partial charge >= 0.3 is 5.69 Å². The Bertz CT molecular complexity index is 1050. The van der Waals surface area contributed by atoms with E-state index in [0.29, 0.717) is 5.69 Å². The third-order valence-corrected chi connectivity index (χ3v) is 6.57. The van der Waals surface area contributed by atoms with Gasteiger partial charge < -0.3 is 5.11 Å². The molecule has 0 spiro atoms. The van der Waals surface area contributed by atoms with Gasteiger partial charge in [-0.1, -0.05) is 50.1 Å². The van der Waals surface area contributed by atoms with Crippen molar-refractivity contribution < 1.29 is 5.11 Å². The topological polar surface area (TPSA) is 89.5 Å². The Balaban J connectivity index is 1.86. The highest BCUT2D eigenvalue weighted by atomic mass is 35.5. The second-order valence-electron chi connectivity index (χ2n) is 8.22. The highest BCUT2D eigenvalue weighted by molar-refractivity contribution is 6.31. The molecule has 0 saturated heterocycles. The minimum absolute atomic E-state index is 0.0330. The summed E-state index contributed by atoms with van der Waals surface area (Å²) < 4.78 is 2.79. The van der Waals surface area contributed by atoms with E-state index >= 15 is 0 Å². The van der Waals surface area contributed by atoms with Crippen molar-refractivity contribution in [2.75, 3.05) is 0 Å². The van der Waals surface area contributed by atoms with Gasteiger partial charge in [0, 0.05) is 24.5 Å². The SMILES string of the molecule is O=c1c(C=Nc2cccnc2Cl)c(O)n(C2CCCCC2)c(=O)n1C1CCCCC1. The molecule has 7 nitrogen and oxygen atoms in total. The first kappa shape index (κ1) is 20.8. The van der Waals surface area contributed by atoms with Crippen LogP contribution in [0.15, 0.2) is 32.9 Å². The average molecular weight is 431 g/mol. The van der Waals surface area contributed by atoms with Gasteiger partial charge in [-0.3, -0.25) is 18.9 Å². The van der Waals surface area contributed by atoms with Gasteiger partial charge in [0.05, 0.1) is 0 Å². The largest absolute Gasteiger partial charge is 0.494 e. The second kappa shape index (κ2) is 9.16. The van der Waals surface area contributed by atoms with Crippen molar-refractivity contribution in [2.24, 2.45) is 4.99 Å². The molecule has 8 heteroatoms. The number of rotatable bonds is 4. The van der Waals surface area contributed by atoms with Crippen LogP contribution in [0.25, 0.3) is 0 Å². The van der Waals surface area contributed by atoms with Crippen LogP contribution in [-0.2, 0) is 0 Å². The van der Waals surface area contributed by atoms with Gasteiger partial charge in [0.2, 0.25) is 5.88 Å². The van der Waals surface area contributed by atoms with E-state index in [9.17, 15) is 14.7 Å². The van der Waals surface area contributed by atoms with Crippen molar-refractivity contribution >= 4 is 23.5 Å². The number of hydrogen-bond donors (Lipinski definition) is 1. The summed E-state index contributed by atoms with van der Waals surface area (Å²) in [7, 11) is 0. The summed E-state index contributed by atoms with van der Waals surface area (Å²) in [6.45, 7) is 0. The lowest BCUT2D eigenvalue weighted by atomic mass is 9.94. The number of halogens is 1. The molecule has 160 valence electrons. The number of pyridine rings is 1. The van der Waals surface area contributed by atoms with Gasteiger partial charge in [0.15, 0.2) is 5.15 Å². The Kier molecular flexibility index (Phi) is 6.37. The minimum atomic E-state index is -0.486. The van der Waals surface area contributed by atoms with Gasteiger partial charge in [0.1, 0.15) is 11.3 Å². The maximum atomic E-state index is 13.4. The Morgan fingerprint density at radius 3 is 2.20 bits per heavy atom. The molecule has 0 atom stereocenters. The molecule has 0 amide bonds. The molecule has 30 heavy (non-hydrogen) atoms. The van der Waals surface area contributed by atoms with E-state index in [1.54, 1.807) is 18.3 Å². The molecule has 0 aliphatic heterocycles. The van der Waals surface area contributed by atoms with Crippen molar-refractivity contribution in [3.05, 3.63) is 49.9 Å². The van der Waals surface area contributed by atoms with Gasteiger partial charge in [0.25, 0.3) is 5.56 Å². The zero-order valence-electron chi connectivity index (χ0n) is 17.0. The fraction of sp³-hybridized carbons (Fsp3) is 0.545. The molecule has 2 aromatic heterocycles. The zero-order valence-corrected chi connectivity index (χ0v) is 17.7. The molecule has 2 saturated carbocycles. The second-order valence-corrected chi connectivity index (χ2v) is 8.58. The van der Waals surface area contributed by atoms with Gasteiger partial charge in [-0.2, -0.15) is 0 Å². The van der Waals surface area contributed by atoms with E-state index in [2.05, 4.69) is 9.98 Å². The van der Waals surface area contributed by atoms with Gasteiger partial charge in [-0.05, 0) is 37.8 Å². The summed E-state index contributed by atoms with van der Waals surface area (Å²) >= 11 is 6.08. The van der Waals surface area contributed by atoms with E-state index in [1.165, 1.54) is 15.3 Å². The van der Waals surface area contributed by atoms with E-state index in [0.717, 1.165) is 64.2 Å². The Labute approximate surface area is 180 Å². The van der Waals surface area contributed by atoms with Crippen LogP contribution in [0.2, 0.25) is 5.15 Å². The average Bonchev–Trinajstić information content (AvgIpc) is 2.76. The standard InChI is InChI=1S/C22H27ClN4O3/c23-19-18(12-7-13-24-19)25-14-17-20(28)26(15-8-3-1-4-9-15)22(30)27(21(17)29)16-10-5-2-6-11-16/h7,12-16,28H,1-6,8-11H2. The predicted octanol–water partition coefficient (Wildman–Crippen LogP) is 4.53. The first-order valence-electron chi connectivity index (χ1n) is 10.8. The van der Waals surface area contributed by atoms with E-state index in [4.69, 9.17) is 11.6 Å². The molecule has 2 fully saturated rings. The number of nitrogens with zero attached hydrogens (tertiary/aromatic N) is 4. The summed E-state index contributed by atoms with van der Waals surface area (Å²) in [5.74, 6) is -0.298. The maximum Gasteiger partial charge on any atom is 0.334 e. The zero-order chi connectivity index (χ0) is 21.1. The molecule has 2 heterocycles. The quantitative estimate of drug-likeness (QED) is 0.570. The fourth-order valence-corrected chi connectivity index (χ4v) is 4.87. The lowest BCUT2D eigenvalue weighted by Crippen LogP contribution is -2.45. The van der Waals surface area contributed by atoms with Crippen LogP contribution in [0.5, 0.6) is 5.88 Å². The van der Waals surface area contributed by atoms with E-state index in [-0.39, 0.29) is 28.7 Å². The summed E-state index contributed by atoms with van der Waals surface area (Å²) in [5, 5.41) is 11.2. The van der Waals surface area contributed by atoms with Crippen LogP contribution in [0.1, 0.15) is 81.9 Å². The maximum absolute atomic E-state index is 13.4. The molecule has 2 aliphatic carbocycles. The molecule has 0 unspecified atom stereocenters.